The van der Waals surface area contributed by atoms with Crippen LogP contribution in [0.3, 0.4) is 0 Å². The lowest BCUT2D eigenvalue weighted by Gasteiger charge is -2.31. The number of para-hydroxylation sites is 1. The van der Waals surface area contributed by atoms with Crippen molar-refractivity contribution in [3.8, 4) is 5.75 Å². The van der Waals surface area contributed by atoms with Crippen LogP contribution in [0.15, 0.2) is 36.4 Å². The number of methoxy groups -OCH3 is 1. The lowest BCUT2D eigenvalue weighted by atomic mass is 9.97. The molecule has 1 aliphatic heterocycles. The normalized spacial score (nSPS) is 13.7. The summed E-state index contributed by atoms with van der Waals surface area (Å²) in [6.45, 7) is 2.71. The highest BCUT2D eigenvalue weighted by molar-refractivity contribution is 6.31. The summed E-state index contributed by atoms with van der Waals surface area (Å²) in [4.78, 5) is 14.8. The second kappa shape index (κ2) is 6.01. The van der Waals surface area contributed by atoms with E-state index >= 15 is 0 Å². The van der Waals surface area contributed by atoms with E-state index in [2.05, 4.69) is 0 Å². The van der Waals surface area contributed by atoms with Crippen LogP contribution in [0.5, 0.6) is 5.75 Å². The molecule has 114 valence electrons. The van der Waals surface area contributed by atoms with Crippen molar-refractivity contribution in [3.05, 3.63) is 58.1 Å². The van der Waals surface area contributed by atoms with Gasteiger partial charge >= 0.3 is 0 Å². The number of fused-ring (bicyclic) bond motifs is 1. The summed E-state index contributed by atoms with van der Waals surface area (Å²) in [6.07, 6.45) is 1.89. The van der Waals surface area contributed by atoms with Crippen LogP contribution in [0.4, 0.5) is 5.69 Å². The van der Waals surface area contributed by atoms with E-state index in [0.29, 0.717) is 17.9 Å². The monoisotopic (exact) mass is 315 g/mol. The predicted molar refractivity (Wildman–Crippen MR) is 89.2 cm³/mol. The number of aryl methyl sites for hydroxylation is 2. The van der Waals surface area contributed by atoms with Crippen LogP contribution in [0.2, 0.25) is 5.02 Å². The van der Waals surface area contributed by atoms with Crippen molar-refractivity contribution in [2.45, 2.75) is 19.8 Å². The second-order valence-electron chi connectivity index (χ2n) is 5.49. The molecule has 22 heavy (non-hydrogen) atoms. The largest absolute Gasteiger partial charge is 0.496 e. The second-order valence-corrected chi connectivity index (χ2v) is 5.93. The van der Waals surface area contributed by atoms with Crippen molar-refractivity contribution in [2.75, 3.05) is 18.6 Å². The molecule has 1 heterocycles. The summed E-state index contributed by atoms with van der Waals surface area (Å²) in [6, 6.07) is 11.2. The third-order valence-corrected chi connectivity index (χ3v) is 4.24. The number of hydrogen-bond donors (Lipinski definition) is 0. The number of anilines is 1. The first kappa shape index (κ1) is 14.9. The molecule has 0 aromatic heterocycles. The van der Waals surface area contributed by atoms with Crippen molar-refractivity contribution in [3.63, 3.8) is 0 Å². The molecule has 0 aliphatic carbocycles. The quantitative estimate of drug-likeness (QED) is 0.829. The molecule has 0 fully saturated rings. The maximum atomic E-state index is 13.0. The number of halogens is 1. The van der Waals surface area contributed by atoms with Crippen LogP contribution < -0.4 is 9.64 Å². The Kier molecular flexibility index (Phi) is 4.08. The molecule has 0 spiro atoms. The Morgan fingerprint density at radius 1 is 1.27 bits per heavy atom. The molecule has 0 N–H and O–H groups in total. The first-order chi connectivity index (χ1) is 10.6. The highest BCUT2D eigenvalue weighted by atomic mass is 35.5. The Hall–Kier alpha value is -2.00. The minimum atomic E-state index is -0.0242. The summed E-state index contributed by atoms with van der Waals surface area (Å²) in [5.41, 5.74) is 3.75. The van der Waals surface area contributed by atoms with Crippen LogP contribution in [-0.2, 0) is 6.42 Å². The topological polar surface area (TPSA) is 29.5 Å². The highest BCUT2D eigenvalue weighted by Crippen LogP contribution is 2.35. The van der Waals surface area contributed by atoms with Crippen molar-refractivity contribution >= 4 is 23.2 Å². The minimum Gasteiger partial charge on any atom is -0.496 e. The summed E-state index contributed by atoms with van der Waals surface area (Å²) in [5, 5.41) is 0.725. The van der Waals surface area contributed by atoms with Crippen LogP contribution in [-0.4, -0.2) is 19.6 Å². The van der Waals surface area contributed by atoms with E-state index in [1.165, 1.54) is 0 Å². The first-order valence-corrected chi connectivity index (χ1v) is 7.73. The van der Waals surface area contributed by atoms with E-state index in [1.54, 1.807) is 13.2 Å². The Labute approximate surface area is 135 Å². The summed E-state index contributed by atoms with van der Waals surface area (Å²) < 4.78 is 5.33. The van der Waals surface area contributed by atoms with Crippen molar-refractivity contribution in [1.82, 2.24) is 0 Å². The zero-order valence-electron chi connectivity index (χ0n) is 12.7. The first-order valence-electron chi connectivity index (χ1n) is 7.35. The Morgan fingerprint density at radius 2 is 2.05 bits per heavy atom. The molecule has 4 heteroatoms. The number of ether oxygens (including phenoxy) is 1. The summed E-state index contributed by atoms with van der Waals surface area (Å²) in [7, 11) is 1.58. The fraction of sp³-hybridized carbons (Fsp3) is 0.278. The van der Waals surface area contributed by atoms with E-state index < -0.39 is 0 Å². The van der Waals surface area contributed by atoms with Gasteiger partial charge in [0, 0.05) is 11.6 Å². The van der Waals surface area contributed by atoms with Gasteiger partial charge in [-0.05, 0) is 55.2 Å². The zero-order chi connectivity index (χ0) is 15.7. The molecule has 0 saturated heterocycles. The lowest BCUT2D eigenvalue weighted by molar-refractivity contribution is 0.0982. The Morgan fingerprint density at radius 3 is 2.82 bits per heavy atom. The fourth-order valence-corrected chi connectivity index (χ4v) is 3.39. The molecule has 0 unspecified atom stereocenters. The number of carbonyl (C=O) groups is 1. The summed E-state index contributed by atoms with van der Waals surface area (Å²) >= 11 is 6.15. The van der Waals surface area contributed by atoms with Crippen molar-refractivity contribution in [2.24, 2.45) is 0 Å². The Balaban J connectivity index is 2.06. The number of benzene rings is 2. The lowest BCUT2D eigenvalue weighted by Crippen LogP contribution is -2.36. The van der Waals surface area contributed by atoms with Crippen molar-refractivity contribution in [1.29, 1.82) is 0 Å². The number of rotatable bonds is 2. The number of hydrogen-bond acceptors (Lipinski definition) is 2. The van der Waals surface area contributed by atoms with E-state index in [4.69, 9.17) is 16.3 Å². The van der Waals surface area contributed by atoms with Crippen LogP contribution in [0.25, 0.3) is 0 Å². The standard InChI is InChI=1S/C18H18ClNO2/c1-12-10-14(19)11-13-6-5-9-20(17(12)13)18(21)15-7-3-4-8-16(15)22-2/h3-4,7-8,10-11H,5-6,9H2,1-2H3. The van der Waals surface area contributed by atoms with Gasteiger partial charge < -0.3 is 9.64 Å². The number of amides is 1. The van der Waals surface area contributed by atoms with Crippen LogP contribution in [0, 0.1) is 6.92 Å². The molecule has 0 bridgehead atoms. The molecule has 0 radical (unpaired) electrons. The summed E-state index contributed by atoms with van der Waals surface area (Å²) in [5.74, 6) is 0.579. The van der Waals surface area contributed by atoms with Gasteiger partial charge in [-0.2, -0.15) is 0 Å². The van der Waals surface area contributed by atoms with Gasteiger partial charge in [-0.3, -0.25) is 4.79 Å². The zero-order valence-corrected chi connectivity index (χ0v) is 13.5. The molecule has 1 aliphatic rings. The van der Waals surface area contributed by atoms with E-state index in [1.807, 2.05) is 42.2 Å². The van der Waals surface area contributed by atoms with Crippen LogP contribution in [0.1, 0.15) is 27.9 Å². The van der Waals surface area contributed by atoms with E-state index in [-0.39, 0.29) is 5.91 Å². The fourth-order valence-electron chi connectivity index (χ4n) is 3.09. The molecule has 2 aromatic carbocycles. The van der Waals surface area contributed by atoms with Gasteiger partial charge in [-0.1, -0.05) is 23.7 Å². The molecule has 1 amide bonds. The molecule has 3 nitrogen and oxygen atoms in total. The van der Waals surface area contributed by atoms with Gasteiger partial charge in [0.1, 0.15) is 5.75 Å². The van der Waals surface area contributed by atoms with E-state index in [9.17, 15) is 4.79 Å². The SMILES string of the molecule is COc1ccccc1C(=O)N1CCCc2cc(Cl)cc(C)c21. The number of nitrogens with zero attached hydrogens (tertiary/aromatic N) is 1. The van der Waals surface area contributed by atoms with Crippen LogP contribution >= 0.6 is 11.6 Å². The minimum absolute atomic E-state index is 0.0242. The van der Waals surface area contributed by atoms with Gasteiger partial charge in [-0.25, -0.2) is 0 Å². The third kappa shape index (κ3) is 2.57. The maximum absolute atomic E-state index is 13.0. The Bertz CT molecular complexity index is 727. The molecule has 0 saturated carbocycles. The average molecular weight is 316 g/mol. The molecule has 3 rings (SSSR count). The van der Waals surface area contributed by atoms with Gasteiger partial charge in [0.2, 0.25) is 0 Å². The van der Waals surface area contributed by atoms with Gasteiger partial charge in [0.05, 0.1) is 18.4 Å². The molecule has 2 aromatic rings. The smallest absolute Gasteiger partial charge is 0.262 e. The van der Waals surface area contributed by atoms with Gasteiger partial charge in [-0.15, -0.1) is 0 Å². The van der Waals surface area contributed by atoms with Gasteiger partial charge in [0.25, 0.3) is 5.91 Å². The average Bonchev–Trinajstić information content (AvgIpc) is 2.53. The maximum Gasteiger partial charge on any atom is 0.262 e. The number of carbonyl (C=O) groups excluding carboxylic acids is 1. The van der Waals surface area contributed by atoms with Crippen molar-refractivity contribution < 1.29 is 9.53 Å². The molecule has 0 atom stereocenters. The van der Waals surface area contributed by atoms with E-state index in [0.717, 1.165) is 34.7 Å². The molecular formula is C18H18ClNO2. The van der Waals surface area contributed by atoms with Gasteiger partial charge in [0.15, 0.2) is 0 Å². The predicted octanol–water partition coefficient (Wildman–Crippen LogP) is 4.25. The highest BCUT2D eigenvalue weighted by Gasteiger charge is 2.27. The molecular weight excluding hydrogens is 298 g/mol. The third-order valence-electron chi connectivity index (χ3n) is 4.02.